The number of Topliss-reactive ketones (excluding diaryl/α,β-unsaturated/α-hetero) is 1. The van der Waals surface area contributed by atoms with Crippen molar-refractivity contribution >= 4 is 12.0 Å². The van der Waals surface area contributed by atoms with Crippen LogP contribution in [-0.4, -0.2) is 33.6 Å². The first kappa shape index (κ1) is 28.4. The standard InChI is InChI=1S/C30H24F4N2O4/c1-19(37)21-7-10-26(11-8-21)40-28(39)36-18-29(16-20-5-3-2-4-6-20,27-12-9-25(38)17-35-27)22-13-23(30(32,33)34)15-24(31)14-22/h2-15,17-18,28,38-39H,16H2,1H3/b36-18+/t28?,29-/m1/s1. The van der Waals surface area contributed by atoms with Gasteiger partial charge in [0, 0.05) is 11.8 Å². The van der Waals surface area contributed by atoms with Crippen LogP contribution in [0.25, 0.3) is 0 Å². The molecule has 6 nitrogen and oxygen atoms in total. The minimum atomic E-state index is -4.84. The molecule has 10 heteroatoms. The molecule has 0 aliphatic rings. The third kappa shape index (κ3) is 6.70. The zero-order chi connectivity index (χ0) is 28.9. The lowest BCUT2D eigenvalue weighted by Gasteiger charge is -2.31. The van der Waals surface area contributed by atoms with Crippen molar-refractivity contribution < 1.29 is 37.3 Å². The highest BCUT2D eigenvalue weighted by Crippen LogP contribution is 2.38. The van der Waals surface area contributed by atoms with Crippen LogP contribution in [0.15, 0.2) is 96.1 Å². The van der Waals surface area contributed by atoms with Gasteiger partial charge in [0.2, 0.25) is 0 Å². The topological polar surface area (TPSA) is 92.0 Å². The lowest BCUT2D eigenvalue weighted by atomic mass is 9.73. The van der Waals surface area contributed by atoms with E-state index in [1.807, 2.05) is 0 Å². The number of hydrogen-bond acceptors (Lipinski definition) is 6. The van der Waals surface area contributed by atoms with Gasteiger partial charge in [-0.05, 0) is 79.1 Å². The monoisotopic (exact) mass is 552 g/mol. The number of aliphatic hydroxyl groups is 1. The molecule has 4 aromatic rings. The van der Waals surface area contributed by atoms with Crippen LogP contribution in [0, 0.1) is 5.82 Å². The number of nitrogens with zero attached hydrogens (tertiary/aromatic N) is 2. The number of rotatable bonds is 9. The van der Waals surface area contributed by atoms with E-state index in [1.54, 1.807) is 30.3 Å². The zero-order valence-electron chi connectivity index (χ0n) is 21.1. The van der Waals surface area contributed by atoms with Gasteiger partial charge in [-0.1, -0.05) is 30.3 Å². The lowest BCUT2D eigenvalue weighted by molar-refractivity contribution is -0.137. The molecule has 0 spiro atoms. The number of ketones is 1. The fourth-order valence-corrected chi connectivity index (χ4v) is 4.22. The number of ether oxygens (including phenoxy) is 1. The summed E-state index contributed by atoms with van der Waals surface area (Å²) in [6, 6.07) is 19.4. The predicted octanol–water partition coefficient (Wildman–Crippen LogP) is 6.10. The number of carbonyl (C=O) groups excluding carboxylic acids is 1. The lowest BCUT2D eigenvalue weighted by Crippen LogP contribution is -2.35. The number of halogens is 4. The molecule has 3 aromatic carbocycles. The van der Waals surface area contributed by atoms with E-state index in [4.69, 9.17) is 4.74 Å². The van der Waals surface area contributed by atoms with Gasteiger partial charge in [-0.3, -0.25) is 9.78 Å². The Morgan fingerprint density at radius 3 is 2.27 bits per heavy atom. The molecule has 4 rings (SSSR count). The van der Waals surface area contributed by atoms with Crippen molar-refractivity contribution in [3.05, 3.63) is 125 Å². The SMILES string of the molecule is CC(=O)c1ccc(OC(O)/N=C/[C@](Cc2ccccc2)(c2cc(F)cc(C(F)(F)F)c2)c2ccc(O)cn2)cc1. The molecular weight excluding hydrogens is 528 g/mol. The van der Waals surface area contributed by atoms with Crippen molar-refractivity contribution in [2.24, 2.45) is 4.99 Å². The summed E-state index contributed by atoms with van der Waals surface area (Å²) < 4.78 is 61.3. The molecular formula is C30H24F4N2O4. The number of pyridine rings is 1. The van der Waals surface area contributed by atoms with E-state index in [2.05, 4.69) is 9.98 Å². The van der Waals surface area contributed by atoms with Gasteiger partial charge in [-0.15, -0.1) is 0 Å². The van der Waals surface area contributed by atoms with E-state index in [-0.39, 0.29) is 35.0 Å². The molecule has 2 N–H and O–H groups in total. The number of aromatic nitrogens is 1. The highest BCUT2D eigenvalue weighted by atomic mass is 19.4. The van der Waals surface area contributed by atoms with E-state index in [0.717, 1.165) is 18.3 Å². The van der Waals surface area contributed by atoms with Gasteiger partial charge in [0.05, 0.1) is 22.9 Å². The third-order valence-electron chi connectivity index (χ3n) is 6.20. The Labute approximate surface area is 227 Å². The van der Waals surface area contributed by atoms with Gasteiger partial charge in [0.25, 0.3) is 6.41 Å². The molecule has 1 unspecified atom stereocenters. The quantitative estimate of drug-likeness (QED) is 0.113. The maximum Gasteiger partial charge on any atom is 0.416 e. The summed E-state index contributed by atoms with van der Waals surface area (Å²) >= 11 is 0. The number of aliphatic hydroxyl groups excluding tert-OH is 1. The Balaban J connectivity index is 1.85. The van der Waals surface area contributed by atoms with Gasteiger partial charge in [0.15, 0.2) is 5.78 Å². The highest BCUT2D eigenvalue weighted by Gasteiger charge is 2.39. The first-order chi connectivity index (χ1) is 19.0. The van der Waals surface area contributed by atoms with Crippen molar-refractivity contribution in [2.75, 3.05) is 0 Å². The number of aliphatic imine (C=N–C) groups is 1. The summed E-state index contributed by atoms with van der Waals surface area (Å²) in [5.41, 5.74) is -1.78. The highest BCUT2D eigenvalue weighted by molar-refractivity contribution is 5.94. The van der Waals surface area contributed by atoms with E-state index >= 15 is 0 Å². The number of benzene rings is 3. The van der Waals surface area contributed by atoms with Crippen LogP contribution in [0.5, 0.6) is 11.5 Å². The molecule has 0 radical (unpaired) electrons. The van der Waals surface area contributed by atoms with E-state index < -0.39 is 29.4 Å². The van der Waals surface area contributed by atoms with Crippen LogP contribution < -0.4 is 4.74 Å². The molecule has 0 aliphatic heterocycles. The van der Waals surface area contributed by atoms with Crippen LogP contribution >= 0.6 is 0 Å². The van der Waals surface area contributed by atoms with Crippen LogP contribution in [0.4, 0.5) is 17.6 Å². The second kappa shape index (κ2) is 11.7. The molecule has 0 fully saturated rings. The minimum Gasteiger partial charge on any atom is -0.506 e. The Morgan fingerprint density at radius 1 is 1.00 bits per heavy atom. The normalized spacial score (nSPS) is 14.1. The number of carbonyl (C=O) groups is 1. The van der Waals surface area contributed by atoms with Crippen molar-refractivity contribution in [2.45, 2.75) is 31.3 Å². The third-order valence-corrected chi connectivity index (χ3v) is 6.20. The van der Waals surface area contributed by atoms with Crippen LogP contribution in [0.3, 0.4) is 0 Å². The fourth-order valence-electron chi connectivity index (χ4n) is 4.22. The van der Waals surface area contributed by atoms with E-state index in [9.17, 15) is 32.6 Å². The van der Waals surface area contributed by atoms with Gasteiger partial charge in [-0.25, -0.2) is 9.38 Å². The number of hydrogen-bond donors (Lipinski definition) is 2. The molecule has 2 atom stereocenters. The fraction of sp³-hybridized carbons (Fsp3) is 0.167. The molecule has 0 aliphatic carbocycles. The molecule has 0 saturated carbocycles. The maximum absolute atomic E-state index is 14.7. The van der Waals surface area contributed by atoms with Gasteiger partial charge in [-0.2, -0.15) is 13.2 Å². The van der Waals surface area contributed by atoms with Crippen LogP contribution in [-0.2, 0) is 18.0 Å². The maximum atomic E-state index is 14.7. The second-order valence-electron chi connectivity index (χ2n) is 9.06. The second-order valence-corrected chi connectivity index (χ2v) is 9.06. The average molecular weight is 553 g/mol. The molecule has 40 heavy (non-hydrogen) atoms. The molecule has 1 heterocycles. The molecule has 1 aromatic heterocycles. The first-order valence-electron chi connectivity index (χ1n) is 12.0. The first-order valence-corrected chi connectivity index (χ1v) is 12.0. The summed E-state index contributed by atoms with van der Waals surface area (Å²) in [6.45, 7) is 1.40. The summed E-state index contributed by atoms with van der Waals surface area (Å²) in [5, 5.41) is 20.4. The summed E-state index contributed by atoms with van der Waals surface area (Å²) in [7, 11) is 0. The zero-order valence-corrected chi connectivity index (χ0v) is 21.1. The van der Waals surface area contributed by atoms with Crippen molar-refractivity contribution in [3.63, 3.8) is 0 Å². The number of alkyl halides is 3. The van der Waals surface area contributed by atoms with Crippen molar-refractivity contribution in [1.82, 2.24) is 4.98 Å². The van der Waals surface area contributed by atoms with Gasteiger partial charge < -0.3 is 14.9 Å². The molecule has 206 valence electrons. The van der Waals surface area contributed by atoms with Crippen molar-refractivity contribution in [1.29, 1.82) is 0 Å². The Bertz CT molecular complexity index is 1490. The Hall–Kier alpha value is -4.57. The molecule has 0 bridgehead atoms. The Morgan fingerprint density at radius 2 is 1.68 bits per heavy atom. The van der Waals surface area contributed by atoms with Gasteiger partial charge in [0.1, 0.15) is 17.3 Å². The van der Waals surface area contributed by atoms with E-state index in [1.165, 1.54) is 49.5 Å². The molecule has 0 amide bonds. The largest absolute Gasteiger partial charge is 0.506 e. The predicted molar refractivity (Wildman–Crippen MR) is 140 cm³/mol. The van der Waals surface area contributed by atoms with Gasteiger partial charge >= 0.3 is 6.18 Å². The summed E-state index contributed by atoms with van der Waals surface area (Å²) in [4.78, 5) is 19.8. The van der Waals surface area contributed by atoms with Crippen LogP contribution in [0.2, 0.25) is 0 Å². The number of aromatic hydroxyl groups is 1. The van der Waals surface area contributed by atoms with Crippen molar-refractivity contribution in [3.8, 4) is 11.5 Å². The van der Waals surface area contributed by atoms with Crippen LogP contribution in [0.1, 0.15) is 39.7 Å². The average Bonchev–Trinajstić information content (AvgIpc) is 2.91. The Kier molecular flexibility index (Phi) is 8.29. The summed E-state index contributed by atoms with van der Waals surface area (Å²) in [5.74, 6) is -1.31. The minimum absolute atomic E-state index is 0.0319. The molecule has 0 saturated heterocycles. The smallest absolute Gasteiger partial charge is 0.416 e. The summed E-state index contributed by atoms with van der Waals surface area (Å²) in [6.07, 6.45) is -4.41. The van der Waals surface area contributed by atoms with E-state index in [0.29, 0.717) is 17.2 Å².